The van der Waals surface area contributed by atoms with Crippen LogP contribution in [0.1, 0.15) is 31.1 Å². The van der Waals surface area contributed by atoms with E-state index in [0.29, 0.717) is 22.7 Å². The van der Waals surface area contributed by atoms with Crippen molar-refractivity contribution in [1.82, 2.24) is 0 Å². The van der Waals surface area contributed by atoms with Gasteiger partial charge in [-0.1, -0.05) is 26.8 Å². The summed E-state index contributed by atoms with van der Waals surface area (Å²) in [5.74, 6) is -0.449. The van der Waals surface area contributed by atoms with Crippen molar-refractivity contribution < 1.29 is 23.9 Å². The highest BCUT2D eigenvalue weighted by Gasteiger charge is 2.21. The van der Waals surface area contributed by atoms with Gasteiger partial charge in [0.1, 0.15) is 5.75 Å². The van der Waals surface area contributed by atoms with E-state index in [1.165, 1.54) is 7.11 Å². The monoisotopic (exact) mass is 384 g/mol. The van der Waals surface area contributed by atoms with Crippen LogP contribution >= 0.6 is 0 Å². The van der Waals surface area contributed by atoms with Crippen LogP contribution < -0.4 is 15.4 Å². The highest BCUT2D eigenvalue weighted by atomic mass is 16.5. The zero-order valence-corrected chi connectivity index (χ0v) is 16.4. The van der Waals surface area contributed by atoms with Crippen molar-refractivity contribution in [3.8, 4) is 5.75 Å². The summed E-state index contributed by atoms with van der Waals surface area (Å²) in [5.41, 5.74) is 1.01. The lowest BCUT2D eigenvalue weighted by Gasteiger charge is -2.18. The van der Waals surface area contributed by atoms with Crippen molar-refractivity contribution >= 4 is 29.2 Å². The number of amides is 2. The number of anilines is 2. The molecule has 2 N–H and O–H groups in total. The Hall–Kier alpha value is -3.35. The Morgan fingerprint density at radius 2 is 1.61 bits per heavy atom. The van der Waals surface area contributed by atoms with E-state index < -0.39 is 11.4 Å². The first kappa shape index (κ1) is 21.0. The molecule has 7 nitrogen and oxygen atoms in total. The van der Waals surface area contributed by atoms with Crippen LogP contribution in [0.5, 0.6) is 5.75 Å². The number of methoxy groups -OCH3 is 1. The maximum atomic E-state index is 12.1. The Morgan fingerprint density at radius 3 is 2.21 bits per heavy atom. The molecule has 0 bridgehead atoms. The SMILES string of the molecule is COC(=O)c1ccc(NC(=O)COc2cccc(NC(=O)C(C)(C)C)c2)cc1. The van der Waals surface area contributed by atoms with E-state index in [-0.39, 0.29) is 18.4 Å². The molecule has 0 atom stereocenters. The van der Waals surface area contributed by atoms with Gasteiger partial charge in [-0.05, 0) is 36.4 Å². The largest absolute Gasteiger partial charge is 0.484 e. The quantitative estimate of drug-likeness (QED) is 0.744. The Balaban J connectivity index is 1.89. The first-order chi connectivity index (χ1) is 13.2. The fourth-order valence-corrected chi connectivity index (χ4v) is 2.14. The molecule has 0 heterocycles. The van der Waals surface area contributed by atoms with Crippen LogP contribution in [-0.4, -0.2) is 31.5 Å². The van der Waals surface area contributed by atoms with Crippen molar-refractivity contribution in [3.63, 3.8) is 0 Å². The molecule has 2 rings (SSSR count). The molecule has 28 heavy (non-hydrogen) atoms. The predicted molar refractivity (Wildman–Crippen MR) is 106 cm³/mol. The van der Waals surface area contributed by atoms with Gasteiger partial charge in [-0.25, -0.2) is 4.79 Å². The van der Waals surface area contributed by atoms with Gasteiger partial charge in [0.25, 0.3) is 5.91 Å². The maximum Gasteiger partial charge on any atom is 0.337 e. The maximum absolute atomic E-state index is 12.1. The second-order valence-corrected chi connectivity index (χ2v) is 7.14. The fourth-order valence-electron chi connectivity index (χ4n) is 2.14. The molecule has 0 fully saturated rings. The number of rotatable bonds is 6. The number of carbonyl (C=O) groups excluding carboxylic acids is 3. The van der Waals surface area contributed by atoms with Crippen molar-refractivity contribution in [1.29, 1.82) is 0 Å². The number of hydrogen-bond acceptors (Lipinski definition) is 5. The molecule has 0 aliphatic carbocycles. The molecule has 0 spiro atoms. The van der Waals surface area contributed by atoms with Crippen LogP contribution in [0.3, 0.4) is 0 Å². The molecule has 2 amide bonds. The van der Waals surface area contributed by atoms with E-state index in [0.717, 1.165) is 0 Å². The lowest BCUT2D eigenvalue weighted by atomic mass is 9.95. The van der Waals surface area contributed by atoms with E-state index in [9.17, 15) is 14.4 Å². The average Bonchev–Trinajstić information content (AvgIpc) is 2.66. The second-order valence-electron chi connectivity index (χ2n) is 7.14. The van der Waals surface area contributed by atoms with E-state index in [1.807, 2.05) is 20.8 Å². The van der Waals surface area contributed by atoms with Crippen molar-refractivity contribution in [2.24, 2.45) is 5.41 Å². The van der Waals surface area contributed by atoms with E-state index in [4.69, 9.17) is 4.74 Å². The standard InChI is InChI=1S/C21H24N2O5/c1-21(2,3)20(26)23-16-6-5-7-17(12-16)28-13-18(24)22-15-10-8-14(9-11-15)19(25)27-4/h5-12H,13H2,1-4H3,(H,22,24)(H,23,26). The summed E-state index contributed by atoms with van der Waals surface area (Å²) in [7, 11) is 1.30. The normalized spacial score (nSPS) is 10.7. The van der Waals surface area contributed by atoms with Gasteiger partial charge in [-0.15, -0.1) is 0 Å². The summed E-state index contributed by atoms with van der Waals surface area (Å²) < 4.78 is 10.1. The number of carbonyl (C=O) groups is 3. The molecule has 0 aliphatic rings. The summed E-state index contributed by atoms with van der Waals surface area (Å²) in [6.45, 7) is 5.27. The smallest absolute Gasteiger partial charge is 0.337 e. The van der Waals surface area contributed by atoms with Gasteiger partial charge in [0.15, 0.2) is 6.61 Å². The van der Waals surface area contributed by atoms with Crippen LogP contribution in [-0.2, 0) is 14.3 Å². The molecule has 2 aromatic rings. The summed E-state index contributed by atoms with van der Waals surface area (Å²) in [6, 6.07) is 13.2. The first-order valence-corrected chi connectivity index (χ1v) is 8.71. The van der Waals surface area contributed by atoms with Crippen LogP contribution in [0.25, 0.3) is 0 Å². The van der Waals surface area contributed by atoms with Gasteiger partial charge in [-0.2, -0.15) is 0 Å². The molecule has 0 aromatic heterocycles. The predicted octanol–water partition coefficient (Wildman–Crippen LogP) is 3.48. The molecule has 0 unspecified atom stereocenters. The minimum absolute atomic E-state index is 0.113. The third-order valence-electron chi connectivity index (χ3n) is 3.73. The summed E-state index contributed by atoms with van der Waals surface area (Å²) in [4.78, 5) is 35.5. The van der Waals surface area contributed by atoms with Crippen LogP contribution in [0.15, 0.2) is 48.5 Å². The fraction of sp³-hybridized carbons (Fsp3) is 0.286. The molecule has 0 radical (unpaired) electrons. The number of hydrogen-bond donors (Lipinski definition) is 2. The molecule has 2 aromatic carbocycles. The number of ether oxygens (including phenoxy) is 2. The molecule has 0 aliphatic heterocycles. The zero-order valence-electron chi connectivity index (χ0n) is 16.4. The highest BCUT2D eigenvalue weighted by molar-refractivity contribution is 5.95. The summed E-state index contributed by atoms with van der Waals surface area (Å²) in [6.07, 6.45) is 0. The number of benzene rings is 2. The summed E-state index contributed by atoms with van der Waals surface area (Å²) in [5, 5.41) is 5.49. The molecular weight excluding hydrogens is 360 g/mol. The Kier molecular flexibility index (Phi) is 6.76. The Bertz CT molecular complexity index is 854. The van der Waals surface area contributed by atoms with E-state index in [1.54, 1.807) is 48.5 Å². The van der Waals surface area contributed by atoms with Crippen molar-refractivity contribution in [3.05, 3.63) is 54.1 Å². The van der Waals surface area contributed by atoms with Crippen LogP contribution in [0.2, 0.25) is 0 Å². The van der Waals surface area contributed by atoms with Gasteiger partial charge in [-0.3, -0.25) is 9.59 Å². The van der Waals surface area contributed by atoms with Gasteiger partial charge in [0.2, 0.25) is 5.91 Å². The molecule has 0 saturated heterocycles. The summed E-state index contributed by atoms with van der Waals surface area (Å²) >= 11 is 0. The topological polar surface area (TPSA) is 93.7 Å². The third kappa shape index (κ3) is 6.12. The number of nitrogens with one attached hydrogen (secondary N) is 2. The van der Waals surface area contributed by atoms with Gasteiger partial charge < -0.3 is 20.1 Å². The average molecular weight is 384 g/mol. The van der Waals surface area contributed by atoms with Gasteiger partial charge >= 0.3 is 5.97 Å². The molecule has 7 heteroatoms. The zero-order chi connectivity index (χ0) is 20.7. The highest BCUT2D eigenvalue weighted by Crippen LogP contribution is 2.21. The molecular formula is C21H24N2O5. The Labute approximate surface area is 164 Å². The minimum Gasteiger partial charge on any atom is -0.484 e. The second kappa shape index (κ2) is 9.03. The lowest BCUT2D eigenvalue weighted by molar-refractivity contribution is -0.123. The third-order valence-corrected chi connectivity index (χ3v) is 3.73. The first-order valence-electron chi connectivity index (χ1n) is 8.71. The van der Waals surface area contributed by atoms with Gasteiger partial charge in [0, 0.05) is 22.9 Å². The molecule has 0 saturated carbocycles. The van der Waals surface area contributed by atoms with Crippen molar-refractivity contribution in [2.45, 2.75) is 20.8 Å². The Morgan fingerprint density at radius 1 is 0.929 bits per heavy atom. The van der Waals surface area contributed by atoms with Crippen LogP contribution in [0, 0.1) is 5.41 Å². The number of esters is 1. The van der Waals surface area contributed by atoms with E-state index in [2.05, 4.69) is 15.4 Å². The minimum atomic E-state index is -0.514. The van der Waals surface area contributed by atoms with Gasteiger partial charge in [0.05, 0.1) is 12.7 Å². The lowest BCUT2D eigenvalue weighted by Crippen LogP contribution is -2.27. The van der Waals surface area contributed by atoms with Crippen molar-refractivity contribution in [2.75, 3.05) is 24.4 Å². The van der Waals surface area contributed by atoms with Crippen LogP contribution in [0.4, 0.5) is 11.4 Å². The molecule has 148 valence electrons. The van der Waals surface area contributed by atoms with E-state index >= 15 is 0 Å².